The largest absolute Gasteiger partial charge is 0.349 e. The second-order valence-electron chi connectivity index (χ2n) is 4.45. The highest BCUT2D eigenvalue weighted by Gasteiger charge is 2.02. The summed E-state index contributed by atoms with van der Waals surface area (Å²) in [5.41, 5.74) is 2.95. The van der Waals surface area contributed by atoms with Gasteiger partial charge in [-0.3, -0.25) is 4.98 Å². The molecule has 3 rings (SSSR count). The van der Waals surface area contributed by atoms with Crippen molar-refractivity contribution in [3.8, 4) is 11.3 Å². The lowest BCUT2D eigenvalue weighted by molar-refractivity contribution is 1.00. The molecule has 0 unspecified atom stereocenters. The third-order valence-corrected chi connectivity index (χ3v) is 3.67. The molecule has 0 atom stereocenters. The highest BCUT2D eigenvalue weighted by atomic mass is 127. The van der Waals surface area contributed by atoms with Gasteiger partial charge in [0.05, 0.1) is 17.9 Å². The van der Waals surface area contributed by atoms with Gasteiger partial charge in [-0.25, -0.2) is 9.97 Å². The molecule has 5 heteroatoms. The minimum atomic E-state index is 0.608. The number of halogens is 1. The minimum Gasteiger partial charge on any atom is -0.349 e. The molecule has 0 radical (unpaired) electrons. The van der Waals surface area contributed by atoms with Gasteiger partial charge < -0.3 is 5.32 Å². The molecule has 0 amide bonds. The fraction of sp³-hybridized carbons (Fsp3) is 0.0625. The summed E-state index contributed by atoms with van der Waals surface area (Å²) in [6, 6.07) is 16.0. The van der Waals surface area contributed by atoms with E-state index in [9.17, 15) is 0 Å². The Bertz CT molecular complexity index is 714. The standard InChI is InChI=1S/C16H13IN4/c17-13-6-4-12(5-7-13)15-8-10-19-16(21-15)20-11-14-3-1-2-9-18-14/h1-10H,11H2,(H,19,20,21). The third kappa shape index (κ3) is 3.75. The fourth-order valence-corrected chi connectivity index (χ4v) is 2.26. The molecule has 0 spiro atoms. The third-order valence-electron chi connectivity index (χ3n) is 2.95. The van der Waals surface area contributed by atoms with E-state index in [0.29, 0.717) is 12.5 Å². The highest BCUT2D eigenvalue weighted by Crippen LogP contribution is 2.19. The molecule has 104 valence electrons. The molecule has 2 heterocycles. The summed E-state index contributed by atoms with van der Waals surface area (Å²) in [7, 11) is 0. The summed E-state index contributed by atoms with van der Waals surface area (Å²) in [6.07, 6.45) is 3.54. The normalized spacial score (nSPS) is 10.3. The van der Waals surface area contributed by atoms with Crippen LogP contribution < -0.4 is 5.32 Å². The number of aromatic nitrogens is 3. The predicted octanol–water partition coefficient (Wildman–Crippen LogP) is 3.76. The van der Waals surface area contributed by atoms with Gasteiger partial charge >= 0.3 is 0 Å². The monoisotopic (exact) mass is 388 g/mol. The Morgan fingerprint density at radius 2 is 1.76 bits per heavy atom. The van der Waals surface area contributed by atoms with Crippen LogP contribution in [-0.2, 0) is 6.54 Å². The number of anilines is 1. The SMILES string of the molecule is Ic1ccc(-c2ccnc(NCc3ccccn3)n2)cc1. The quantitative estimate of drug-likeness (QED) is 0.692. The zero-order valence-electron chi connectivity index (χ0n) is 11.2. The van der Waals surface area contributed by atoms with E-state index < -0.39 is 0 Å². The second-order valence-corrected chi connectivity index (χ2v) is 5.69. The fourth-order valence-electron chi connectivity index (χ4n) is 1.90. The van der Waals surface area contributed by atoms with Crippen LogP contribution >= 0.6 is 22.6 Å². The molecular weight excluding hydrogens is 375 g/mol. The Hall–Kier alpha value is -2.02. The average Bonchev–Trinajstić information content (AvgIpc) is 2.55. The topological polar surface area (TPSA) is 50.7 Å². The van der Waals surface area contributed by atoms with Crippen molar-refractivity contribution in [1.82, 2.24) is 15.0 Å². The first-order valence-corrected chi connectivity index (χ1v) is 7.62. The summed E-state index contributed by atoms with van der Waals surface area (Å²) in [4.78, 5) is 13.0. The summed E-state index contributed by atoms with van der Waals surface area (Å²) >= 11 is 2.29. The Morgan fingerprint density at radius 1 is 0.905 bits per heavy atom. The maximum absolute atomic E-state index is 4.54. The zero-order chi connectivity index (χ0) is 14.5. The van der Waals surface area contributed by atoms with Crippen LogP contribution in [0.4, 0.5) is 5.95 Å². The van der Waals surface area contributed by atoms with Gasteiger partial charge in [0.1, 0.15) is 0 Å². The molecule has 0 bridgehead atoms. The van der Waals surface area contributed by atoms with E-state index in [-0.39, 0.29) is 0 Å². The van der Waals surface area contributed by atoms with Gasteiger partial charge in [-0.1, -0.05) is 18.2 Å². The number of hydrogen-bond donors (Lipinski definition) is 1. The van der Waals surface area contributed by atoms with E-state index >= 15 is 0 Å². The number of benzene rings is 1. The number of pyridine rings is 1. The van der Waals surface area contributed by atoms with Gasteiger partial charge in [0.15, 0.2) is 0 Å². The Morgan fingerprint density at radius 3 is 2.52 bits per heavy atom. The van der Waals surface area contributed by atoms with Crippen LogP contribution in [-0.4, -0.2) is 15.0 Å². The van der Waals surface area contributed by atoms with E-state index in [4.69, 9.17) is 0 Å². The summed E-state index contributed by atoms with van der Waals surface area (Å²) in [6.45, 7) is 0.608. The van der Waals surface area contributed by atoms with Crippen molar-refractivity contribution in [2.45, 2.75) is 6.54 Å². The molecule has 21 heavy (non-hydrogen) atoms. The molecule has 0 aliphatic heterocycles. The van der Waals surface area contributed by atoms with Crippen molar-refractivity contribution >= 4 is 28.5 Å². The van der Waals surface area contributed by atoms with Crippen molar-refractivity contribution in [3.05, 3.63) is 70.2 Å². The molecule has 1 N–H and O–H groups in total. The van der Waals surface area contributed by atoms with E-state index in [1.54, 1.807) is 12.4 Å². The molecular formula is C16H13IN4. The van der Waals surface area contributed by atoms with Crippen LogP contribution in [0.5, 0.6) is 0 Å². The highest BCUT2D eigenvalue weighted by molar-refractivity contribution is 14.1. The summed E-state index contributed by atoms with van der Waals surface area (Å²) < 4.78 is 1.21. The molecule has 0 aliphatic carbocycles. The van der Waals surface area contributed by atoms with E-state index in [1.165, 1.54) is 3.57 Å². The van der Waals surface area contributed by atoms with E-state index in [0.717, 1.165) is 17.0 Å². The maximum atomic E-state index is 4.54. The molecule has 0 saturated heterocycles. The van der Waals surface area contributed by atoms with Crippen molar-refractivity contribution < 1.29 is 0 Å². The van der Waals surface area contributed by atoms with Crippen LogP contribution in [0, 0.1) is 3.57 Å². The molecule has 0 saturated carbocycles. The van der Waals surface area contributed by atoms with E-state index in [2.05, 4.69) is 67.1 Å². The van der Waals surface area contributed by atoms with Crippen molar-refractivity contribution in [3.63, 3.8) is 0 Å². The first kappa shape index (κ1) is 13.9. The van der Waals surface area contributed by atoms with Crippen LogP contribution in [0.15, 0.2) is 60.9 Å². The lowest BCUT2D eigenvalue weighted by atomic mass is 10.1. The second kappa shape index (κ2) is 6.62. The summed E-state index contributed by atoms with van der Waals surface area (Å²) in [5, 5.41) is 3.20. The smallest absolute Gasteiger partial charge is 0.223 e. The maximum Gasteiger partial charge on any atom is 0.223 e. The first-order valence-electron chi connectivity index (χ1n) is 6.54. The van der Waals surface area contributed by atoms with Crippen molar-refractivity contribution in [1.29, 1.82) is 0 Å². The first-order chi connectivity index (χ1) is 10.3. The van der Waals surface area contributed by atoms with Gasteiger partial charge in [-0.15, -0.1) is 0 Å². The van der Waals surface area contributed by atoms with Crippen LogP contribution in [0.3, 0.4) is 0 Å². The molecule has 4 nitrogen and oxygen atoms in total. The molecule has 3 aromatic rings. The van der Waals surface area contributed by atoms with Gasteiger partial charge in [-0.05, 0) is 52.9 Å². The predicted molar refractivity (Wildman–Crippen MR) is 91.7 cm³/mol. The average molecular weight is 388 g/mol. The molecule has 1 aromatic carbocycles. The number of rotatable bonds is 4. The van der Waals surface area contributed by atoms with Gasteiger partial charge in [0, 0.05) is 21.5 Å². The summed E-state index contributed by atoms with van der Waals surface area (Å²) in [5.74, 6) is 0.608. The minimum absolute atomic E-state index is 0.608. The van der Waals surface area contributed by atoms with Crippen LogP contribution in [0.2, 0.25) is 0 Å². The lowest BCUT2D eigenvalue weighted by Gasteiger charge is -2.06. The number of hydrogen-bond acceptors (Lipinski definition) is 4. The number of nitrogens with zero attached hydrogens (tertiary/aromatic N) is 3. The van der Waals surface area contributed by atoms with Gasteiger partial charge in [-0.2, -0.15) is 0 Å². The van der Waals surface area contributed by atoms with E-state index in [1.807, 2.05) is 24.3 Å². The Balaban J connectivity index is 1.75. The molecule has 0 fully saturated rings. The number of nitrogens with one attached hydrogen (secondary N) is 1. The van der Waals surface area contributed by atoms with Crippen molar-refractivity contribution in [2.24, 2.45) is 0 Å². The molecule has 0 aliphatic rings. The van der Waals surface area contributed by atoms with Gasteiger partial charge in [0.2, 0.25) is 5.95 Å². The van der Waals surface area contributed by atoms with Crippen LogP contribution in [0.1, 0.15) is 5.69 Å². The lowest BCUT2D eigenvalue weighted by Crippen LogP contribution is -2.05. The Kier molecular flexibility index (Phi) is 4.40. The molecule has 2 aromatic heterocycles. The van der Waals surface area contributed by atoms with Crippen LogP contribution in [0.25, 0.3) is 11.3 Å². The zero-order valence-corrected chi connectivity index (χ0v) is 13.4. The Labute approximate surface area is 136 Å². The van der Waals surface area contributed by atoms with Crippen molar-refractivity contribution in [2.75, 3.05) is 5.32 Å². The van der Waals surface area contributed by atoms with Gasteiger partial charge in [0.25, 0.3) is 0 Å².